The molecule has 0 aliphatic carbocycles. The number of nitrogens with zero attached hydrogens (tertiary/aromatic N) is 1. The summed E-state index contributed by atoms with van der Waals surface area (Å²) in [6.07, 6.45) is 5.71. The van der Waals surface area contributed by atoms with Gasteiger partial charge in [0.25, 0.3) is 5.52 Å². The number of anilines is 1. The van der Waals surface area contributed by atoms with Crippen molar-refractivity contribution in [2.45, 2.75) is 6.92 Å². The Morgan fingerprint density at radius 1 is 0.824 bits per heavy atom. The largest absolute Gasteiger partial charge is 1.00 e. The van der Waals surface area contributed by atoms with E-state index in [2.05, 4.69) is 54.7 Å². The standard InChI is InChI=1S/C18H14N2O2.C11H10.HI/c1-20-14-8-3-5-10-16(14)22-18(20)12-6-11-17-19-13-7-2-4-9-15(13)21-17;1-9-6-7-10-4-2-3-5-11(10)8-9;/h2-12H,1H3;2-8H,1H3;1H. The summed E-state index contributed by atoms with van der Waals surface area (Å²) >= 11 is 0. The van der Waals surface area contributed by atoms with Gasteiger partial charge in [-0.05, 0) is 48.0 Å². The van der Waals surface area contributed by atoms with Gasteiger partial charge in [0.2, 0.25) is 5.58 Å². The van der Waals surface area contributed by atoms with E-state index in [1.807, 2.05) is 78.4 Å². The third kappa shape index (κ3) is 5.15. The zero-order valence-electron chi connectivity index (χ0n) is 19.0. The molecule has 0 amide bonds. The second kappa shape index (κ2) is 10.6. The van der Waals surface area contributed by atoms with Crippen LogP contribution in [-0.4, -0.2) is 0 Å². The molecular formula is C29H25IN2O2. The van der Waals surface area contributed by atoms with Gasteiger partial charge < -0.3 is 38.4 Å². The highest BCUT2D eigenvalue weighted by atomic mass is 127. The number of oxazole rings is 1. The minimum absolute atomic E-state index is 0. The molecule has 2 heterocycles. The number of hydrogen-bond acceptors (Lipinski definition) is 3. The number of ether oxygens (including phenoxy) is 1. The van der Waals surface area contributed by atoms with Crippen LogP contribution in [0.5, 0.6) is 5.75 Å². The number of rotatable bonds is 2. The van der Waals surface area contributed by atoms with Crippen LogP contribution < -0.4 is 38.6 Å². The van der Waals surface area contributed by atoms with Gasteiger partial charge in [-0.15, -0.1) is 0 Å². The van der Waals surface area contributed by atoms with Crippen molar-refractivity contribution in [1.82, 2.24) is 0 Å². The molecule has 0 spiro atoms. The van der Waals surface area contributed by atoms with Gasteiger partial charge in [0, 0.05) is 6.07 Å². The van der Waals surface area contributed by atoms with Gasteiger partial charge in [0.1, 0.15) is 7.05 Å². The molecule has 0 unspecified atom stereocenters. The third-order valence-electron chi connectivity index (χ3n) is 5.53. The number of allylic oxidation sites excluding steroid dienone is 2. The summed E-state index contributed by atoms with van der Waals surface area (Å²) in [4.78, 5) is 0. The van der Waals surface area contributed by atoms with Crippen LogP contribution in [0.25, 0.3) is 27.9 Å². The topological polar surface area (TPSA) is 38.3 Å². The van der Waals surface area contributed by atoms with Crippen LogP contribution in [0.1, 0.15) is 11.5 Å². The van der Waals surface area contributed by atoms with E-state index in [9.17, 15) is 0 Å². The Morgan fingerprint density at radius 2 is 1.56 bits per heavy atom. The Balaban J connectivity index is 0.000000193. The van der Waals surface area contributed by atoms with Crippen molar-refractivity contribution < 1.29 is 37.7 Å². The van der Waals surface area contributed by atoms with Gasteiger partial charge >= 0.3 is 5.89 Å². The van der Waals surface area contributed by atoms with Crippen LogP contribution in [0.15, 0.2) is 113 Å². The minimum atomic E-state index is 0. The SMILES string of the molecule is C[n+]1c(C=CC=C2Nc3ccccc3O2)oc2ccccc21.Cc1ccc2ccccc2c1.[I-]. The van der Waals surface area contributed by atoms with Gasteiger partial charge in [0.05, 0.1) is 11.8 Å². The van der Waals surface area contributed by atoms with Gasteiger partial charge in [-0.3, -0.25) is 0 Å². The number of fused-ring (bicyclic) bond motifs is 3. The van der Waals surface area contributed by atoms with Crippen molar-refractivity contribution in [3.63, 3.8) is 0 Å². The molecule has 0 fully saturated rings. The monoisotopic (exact) mass is 560 g/mol. The molecule has 34 heavy (non-hydrogen) atoms. The molecule has 4 aromatic carbocycles. The van der Waals surface area contributed by atoms with Crippen LogP contribution in [0.2, 0.25) is 0 Å². The smallest absolute Gasteiger partial charge is 0.373 e. The molecule has 1 aromatic heterocycles. The summed E-state index contributed by atoms with van der Waals surface area (Å²) in [6, 6.07) is 30.7. The Labute approximate surface area is 216 Å². The molecule has 4 nitrogen and oxygen atoms in total. The Bertz CT molecular complexity index is 1470. The summed E-state index contributed by atoms with van der Waals surface area (Å²) in [6.45, 7) is 2.12. The van der Waals surface area contributed by atoms with Gasteiger partial charge in [-0.2, -0.15) is 4.57 Å². The maximum atomic E-state index is 5.81. The van der Waals surface area contributed by atoms with E-state index < -0.39 is 0 Å². The van der Waals surface area contributed by atoms with Crippen LogP contribution in [-0.2, 0) is 7.05 Å². The molecule has 0 saturated carbocycles. The van der Waals surface area contributed by atoms with E-state index in [0.717, 1.165) is 28.4 Å². The fourth-order valence-electron chi connectivity index (χ4n) is 3.80. The van der Waals surface area contributed by atoms with E-state index in [1.165, 1.54) is 16.3 Å². The molecule has 1 N–H and O–H groups in total. The van der Waals surface area contributed by atoms with E-state index >= 15 is 0 Å². The first-order valence-electron chi connectivity index (χ1n) is 10.9. The lowest BCUT2D eigenvalue weighted by molar-refractivity contribution is -0.652. The van der Waals surface area contributed by atoms with Crippen molar-refractivity contribution >= 4 is 33.6 Å². The van der Waals surface area contributed by atoms with Crippen LogP contribution >= 0.6 is 0 Å². The Hall–Kier alpha value is -3.58. The van der Waals surface area contributed by atoms with Crippen molar-refractivity contribution in [2.75, 3.05) is 5.32 Å². The molecular weight excluding hydrogens is 535 g/mol. The molecule has 1 aliphatic heterocycles. The minimum Gasteiger partial charge on any atom is -1.00 e. The first kappa shape index (κ1) is 23.6. The highest BCUT2D eigenvalue weighted by Crippen LogP contribution is 2.32. The summed E-state index contributed by atoms with van der Waals surface area (Å²) < 4.78 is 13.5. The van der Waals surface area contributed by atoms with Crippen molar-refractivity contribution in [3.05, 3.63) is 120 Å². The lowest BCUT2D eigenvalue weighted by Crippen LogP contribution is -3.00. The number of aromatic nitrogens is 1. The first-order chi connectivity index (χ1) is 16.2. The molecule has 1 aliphatic rings. The van der Waals surface area contributed by atoms with E-state index in [-0.39, 0.29) is 24.0 Å². The first-order valence-corrected chi connectivity index (χ1v) is 10.9. The van der Waals surface area contributed by atoms with Crippen molar-refractivity contribution in [2.24, 2.45) is 7.05 Å². The van der Waals surface area contributed by atoms with Crippen LogP contribution in [0.3, 0.4) is 0 Å². The maximum Gasteiger partial charge on any atom is 0.373 e. The highest BCUT2D eigenvalue weighted by Gasteiger charge is 2.16. The highest BCUT2D eigenvalue weighted by molar-refractivity contribution is 5.82. The predicted molar refractivity (Wildman–Crippen MR) is 134 cm³/mol. The zero-order chi connectivity index (χ0) is 22.6. The lowest BCUT2D eigenvalue weighted by atomic mass is 10.1. The molecule has 0 saturated heterocycles. The predicted octanol–water partition coefficient (Wildman–Crippen LogP) is 3.77. The van der Waals surface area contributed by atoms with E-state index in [0.29, 0.717) is 5.88 Å². The molecule has 0 bridgehead atoms. The fourth-order valence-corrected chi connectivity index (χ4v) is 3.80. The number of para-hydroxylation sites is 4. The third-order valence-corrected chi connectivity index (χ3v) is 5.53. The Morgan fingerprint density at radius 3 is 2.38 bits per heavy atom. The number of halogens is 1. The normalized spacial score (nSPS) is 13.2. The number of benzene rings is 4. The van der Waals surface area contributed by atoms with Gasteiger partial charge in [-0.1, -0.05) is 72.3 Å². The molecule has 170 valence electrons. The Kier molecular flexibility index (Phi) is 7.33. The molecule has 0 radical (unpaired) electrons. The molecule has 5 aromatic rings. The van der Waals surface area contributed by atoms with Crippen LogP contribution in [0, 0.1) is 6.92 Å². The quantitative estimate of drug-likeness (QED) is 0.264. The average molecular weight is 560 g/mol. The van der Waals surface area contributed by atoms with Crippen LogP contribution in [0.4, 0.5) is 5.69 Å². The van der Waals surface area contributed by atoms with E-state index in [1.54, 1.807) is 0 Å². The summed E-state index contributed by atoms with van der Waals surface area (Å²) in [5.41, 5.74) is 4.25. The van der Waals surface area contributed by atoms with Crippen molar-refractivity contribution in [1.29, 1.82) is 0 Å². The van der Waals surface area contributed by atoms with E-state index in [4.69, 9.17) is 9.15 Å². The molecule has 6 rings (SSSR count). The molecule has 0 atom stereocenters. The maximum absolute atomic E-state index is 5.81. The second-order valence-corrected chi connectivity index (χ2v) is 7.93. The van der Waals surface area contributed by atoms with Gasteiger partial charge in [-0.25, -0.2) is 0 Å². The number of aryl methyl sites for hydroxylation is 2. The average Bonchev–Trinajstić information content (AvgIpc) is 3.40. The summed E-state index contributed by atoms with van der Waals surface area (Å²) in [7, 11) is 1.98. The second-order valence-electron chi connectivity index (χ2n) is 7.93. The number of hydrogen-bond donors (Lipinski definition) is 1. The lowest BCUT2D eigenvalue weighted by Gasteiger charge is -1.96. The zero-order valence-corrected chi connectivity index (χ0v) is 21.2. The van der Waals surface area contributed by atoms with Crippen molar-refractivity contribution in [3.8, 4) is 5.75 Å². The fraction of sp³-hybridized carbons (Fsp3) is 0.0690. The number of nitrogens with one attached hydrogen (secondary N) is 1. The molecule has 5 heteroatoms. The summed E-state index contributed by atoms with van der Waals surface area (Å²) in [5.74, 6) is 2.33. The van der Waals surface area contributed by atoms with Gasteiger partial charge in [0.15, 0.2) is 11.6 Å². The summed E-state index contributed by atoms with van der Waals surface area (Å²) in [5, 5.41) is 5.86.